The van der Waals surface area contributed by atoms with E-state index in [1.807, 2.05) is 0 Å². The fourth-order valence-corrected chi connectivity index (χ4v) is 2.67. The number of fused-ring (bicyclic) bond motifs is 2. The number of rotatable bonds is 1. The molecule has 0 unspecified atom stereocenters. The second-order valence-electron chi connectivity index (χ2n) is 4.35. The highest BCUT2D eigenvalue weighted by molar-refractivity contribution is 5.73. The van der Waals surface area contributed by atoms with Gasteiger partial charge in [-0.05, 0) is 30.4 Å². The molecule has 2 atom stereocenters. The van der Waals surface area contributed by atoms with Crippen LogP contribution in [0.25, 0.3) is 5.57 Å². The lowest BCUT2D eigenvalue weighted by Gasteiger charge is -2.11. The van der Waals surface area contributed by atoms with Crippen molar-refractivity contribution in [2.45, 2.75) is 13.3 Å². The van der Waals surface area contributed by atoms with Crippen LogP contribution in [-0.4, -0.2) is 0 Å². The van der Waals surface area contributed by atoms with Crippen LogP contribution in [0.4, 0.5) is 0 Å². The van der Waals surface area contributed by atoms with Crippen molar-refractivity contribution >= 4 is 5.57 Å². The first kappa shape index (κ1) is 8.05. The summed E-state index contributed by atoms with van der Waals surface area (Å²) < 4.78 is 0. The molecule has 0 fully saturated rings. The van der Waals surface area contributed by atoms with E-state index in [1.54, 1.807) is 11.1 Å². The average molecular weight is 182 g/mol. The third-order valence-corrected chi connectivity index (χ3v) is 3.44. The predicted octanol–water partition coefficient (Wildman–Crippen LogP) is 3.67. The molecule has 3 rings (SSSR count). The summed E-state index contributed by atoms with van der Waals surface area (Å²) in [5.74, 6) is 1.43. The molecule has 0 aliphatic heterocycles. The molecule has 2 aliphatic carbocycles. The molecular formula is C14H14. The molecule has 0 nitrogen and oxygen atoms in total. The maximum Gasteiger partial charge on any atom is 0.00324 e. The van der Waals surface area contributed by atoms with Gasteiger partial charge in [0.25, 0.3) is 0 Å². The van der Waals surface area contributed by atoms with E-state index >= 15 is 0 Å². The lowest BCUT2D eigenvalue weighted by atomic mass is 9.94. The zero-order valence-electron chi connectivity index (χ0n) is 8.40. The van der Waals surface area contributed by atoms with Gasteiger partial charge in [0.2, 0.25) is 0 Å². The summed E-state index contributed by atoms with van der Waals surface area (Å²) in [4.78, 5) is 0. The molecule has 70 valence electrons. The molecule has 2 aliphatic rings. The quantitative estimate of drug-likeness (QED) is 0.581. The Hall–Kier alpha value is -1.30. The molecule has 0 saturated heterocycles. The Labute approximate surface area is 85.0 Å². The smallest absolute Gasteiger partial charge is 0.00324 e. The van der Waals surface area contributed by atoms with Gasteiger partial charge in [-0.25, -0.2) is 0 Å². The normalized spacial score (nSPS) is 28.9. The van der Waals surface area contributed by atoms with E-state index < -0.39 is 0 Å². The molecule has 2 bridgehead atoms. The molecule has 0 spiro atoms. The lowest BCUT2D eigenvalue weighted by Crippen LogP contribution is -1.93. The van der Waals surface area contributed by atoms with Gasteiger partial charge in [-0.15, -0.1) is 0 Å². The molecule has 1 aromatic rings. The highest BCUT2D eigenvalue weighted by Gasteiger charge is 2.31. The number of hydrogen-bond acceptors (Lipinski definition) is 0. The lowest BCUT2D eigenvalue weighted by molar-refractivity contribution is 0.719. The van der Waals surface area contributed by atoms with Gasteiger partial charge in [0.05, 0.1) is 0 Å². The summed E-state index contributed by atoms with van der Waals surface area (Å²) in [6.45, 7) is 2.25. The average Bonchev–Trinajstić information content (AvgIpc) is 2.77. The van der Waals surface area contributed by atoms with Crippen molar-refractivity contribution in [1.29, 1.82) is 0 Å². The first-order valence-electron chi connectivity index (χ1n) is 5.30. The molecule has 1 aromatic carbocycles. The molecule has 0 aromatic heterocycles. The zero-order chi connectivity index (χ0) is 9.54. The Balaban J connectivity index is 1.98. The Morgan fingerprint density at radius 1 is 1.00 bits per heavy atom. The third kappa shape index (κ3) is 1.07. The van der Waals surface area contributed by atoms with Crippen LogP contribution in [-0.2, 0) is 0 Å². The molecule has 0 saturated carbocycles. The standard InChI is InChI=1S/C14H14/c1-10-7-13-8-12(10)9-14(13)11-5-3-2-4-6-11/h2-7,9,12-13H,8H2,1H3/t12-,13+/m1/s1. The van der Waals surface area contributed by atoms with Crippen LogP contribution in [0.2, 0.25) is 0 Å². The Bertz CT molecular complexity index is 409. The van der Waals surface area contributed by atoms with Crippen molar-refractivity contribution < 1.29 is 0 Å². The van der Waals surface area contributed by atoms with Crippen LogP contribution in [0.5, 0.6) is 0 Å². The first-order valence-corrected chi connectivity index (χ1v) is 5.30. The van der Waals surface area contributed by atoms with Crippen molar-refractivity contribution in [2.75, 3.05) is 0 Å². The summed E-state index contributed by atoms with van der Waals surface area (Å²) >= 11 is 0. The minimum absolute atomic E-state index is 0.697. The van der Waals surface area contributed by atoms with Crippen molar-refractivity contribution in [3.63, 3.8) is 0 Å². The van der Waals surface area contributed by atoms with Crippen LogP contribution in [0.1, 0.15) is 18.9 Å². The van der Waals surface area contributed by atoms with Gasteiger partial charge in [0.1, 0.15) is 0 Å². The molecule has 0 amide bonds. The van der Waals surface area contributed by atoms with Crippen LogP contribution < -0.4 is 0 Å². The van der Waals surface area contributed by atoms with Crippen LogP contribution in [0, 0.1) is 11.8 Å². The van der Waals surface area contributed by atoms with E-state index in [9.17, 15) is 0 Å². The maximum atomic E-state index is 2.45. The van der Waals surface area contributed by atoms with E-state index in [-0.39, 0.29) is 0 Å². The van der Waals surface area contributed by atoms with Crippen molar-refractivity contribution in [1.82, 2.24) is 0 Å². The maximum absolute atomic E-state index is 2.45. The predicted molar refractivity (Wildman–Crippen MR) is 59.8 cm³/mol. The molecule has 0 radical (unpaired) electrons. The topological polar surface area (TPSA) is 0 Å². The summed E-state index contributed by atoms with van der Waals surface area (Å²) in [5.41, 5.74) is 4.51. The summed E-state index contributed by atoms with van der Waals surface area (Å²) in [6, 6.07) is 10.8. The largest absolute Gasteiger partial charge is 0.0774 e. The van der Waals surface area contributed by atoms with Crippen molar-refractivity contribution in [3.8, 4) is 0 Å². The van der Waals surface area contributed by atoms with Gasteiger partial charge in [-0.3, -0.25) is 0 Å². The van der Waals surface area contributed by atoms with E-state index in [0.717, 1.165) is 5.92 Å². The molecule has 0 N–H and O–H groups in total. The van der Waals surface area contributed by atoms with Crippen molar-refractivity contribution in [2.24, 2.45) is 11.8 Å². The molecule has 14 heavy (non-hydrogen) atoms. The molecular weight excluding hydrogens is 168 g/mol. The third-order valence-electron chi connectivity index (χ3n) is 3.44. The first-order chi connectivity index (χ1) is 6.84. The van der Waals surface area contributed by atoms with Crippen molar-refractivity contribution in [3.05, 3.63) is 53.6 Å². The SMILES string of the molecule is CC1=C[C@H]2C[C@@H]1C=C2c1ccccc1. The highest BCUT2D eigenvalue weighted by Crippen LogP contribution is 2.46. The Kier molecular flexibility index (Phi) is 1.63. The number of benzene rings is 1. The summed E-state index contributed by atoms with van der Waals surface area (Å²) in [6.07, 6.45) is 6.21. The molecule has 0 heteroatoms. The highest BCUT2D eigenvalue weighted by atomic mass is 14.4. The van der Waals surface area contributed by atoms with Gasteiger partial charge in [-0.1, -0.05) is 48.1 Å². The van der Waals surface area contributed by atoms with Gasteiger partial charge < -0.3 is 0 Å². The second-order valence-corrected chi connectivity index (χ2v) is 4.35. The summed E-state index contributed by atoms with van der Waals surface area (Å²) in [7, 11) is 0. The second kappa shape index (κ2) is 2.84. The van der Waals surface area contributed by atoms with E-state index in [2.05, 4.69) is 49.4 Å². The Morgan fingerprint density at radius 2 is 1.79 bits per heavy atom. The van der Waals surface area contributed by atoms with Crippen LogP contribution >= 0.6 is 0 Å². The van der Waals surface area contributed by atoms with Crippen LogP contribution in [0.15, 0.2) is 48.1 Å². The number of hydrogen-bond donors (Lipinski definition) is 0. The number of allylic oxidation sites excluding steroid dienone is 4. The fourth-order valence-electron chi connectivity index (χ4n) is 2.67. The van der Waals surface area contributed by atoms with E-state index in [4.69, 9.17) is 0 Å². The monoisotopic (exact) mass is 182 g/mol. The zero-order valence-corrected chi connectivity index (χ0v) is 8.40. The Morgan fingerprint density at radius 3 is 2.36 bits per heavy atom. The minimum atomic E-state index is 0.697. The van der Waals surface area contributed by atoms with E-state index in [0.29, 0.717) is 5.92 Å². The van der Waals surface area contributed by atoms with Crippen LogP contribution in [0.3, 0.4) is 0 Å². The van der Waals surface area contributed by atoms with Gasteiger partial charge >= 0.3 is 0 Å². The minimum Gasteiger partial charge on any atom is -0.0774 e. The van der Waals surface area contributed by atoms with Gasteiger partial charge in [-0.2, -0.15) is 0 Å². The fraction of sp³-hybridized carbons (Fsp3) is 0.286. The molecule has 0 heterocycles. The van der Waals surface area contributed by atoms with Gasteiger partial charge in [0, 0.05) is 5.92 Å². The van der Waals surface area contributed by atoms with Gasteiger partial charge in [0.15, 0.2) is 0 Å². The summed E-state index contributed by atoms with van der Waals surface area (Å²) in [5, 5.41) is 0. The van der Waals surface area contributed by atoms with E-state index in [1.165, 1.54) is 12.0 Å².